The third-order valence-corrected chi connectivity index (χ3v) is 4.35. The number of carbonyl (C=O) groups is 2. The van der Waals surface area contributed by atoms with Crippen LogP contribution in [0.15, 0.2) is 51.7 Å². The molecule has 0 aliphatic carbocycles. The number of esters is 1. The van der Waals surface area contributed by atoms with Crippen LogP contribution < -0.4 is 15.7 Å². The zero-order valence-corrected chi connectivity index (χ0v) is 15.9. The Balaban J connectivity index is 1.63. The largest absolute Gasteiger partial charge is 0.508 e. The van der Waals surface area contributed by atoms with Crippen molar-refractivity contribution in [2.45, 2.75) is 13.5 Å². The number of hydrogen-bond donors (Lipinski definition) is 2. The van der Waals surface area contributed by atoms with Gasteiger partial charge in [0.15, 0.2) is 0 Å². The Kier molecular flexibility index (Phi) is 5.82. The number of phenolic OH excluding ortho intramolecular Hbond substituents is 1. The first-order chi connectivity index (χ1) is 13.9. The fourth-order valence-corrected chi connectivity index (χ4v) is 2.74. The van der Waals surface area contributed by atoms with Gasteiger partial charge < -0.3 is 24.3 Å². The van der Waals surface area contributed by atoms with Crippen molar-refractivity contribution in [1.82, 2.24) is 5.32 Å². The Morgan fingerprint density at radius 2 is 1.86 bits per heavy atom. The summed E-state index contributed by atoms with van der Waals surface area (Å²) >= 11 is 0. The molecule has 8 nitrogen and oxygen atoms in total. The fraction of sp³-hybridized carbons (Fsp3) is 0.190. The highest BCUT2D eigenvalue weighted by Crippen LogP contribution is 2.27. The van der Waals surface area contributed by atoms with Crippen LogP contribution in [0.25, 0.3) is 11.0 Å². The van der Waals surface area contributed by atoms with Gasteiger partial charge in [0.2, 0.25) is 0 Å². The highest BCUT2D eigenvalue weighted by atomic mass is 16.5. The van der Waals surface area contributed by atoms with Crippen LogP contribution in [0.1, 0.15) is 21.5 Å². The van der Waals surface area contributed by atoms with E-state index in [2.05, 4.69) is 5.32 Å². The van der Waals surface area contributed by atoms with Crippen LogP contribution in [0.2, 0.25) is 0 Å². The molecule has 1 amide bonds. The molecule has 2 aromatic carbocycles. The molecule has 29 heavy (non-hydrogen) atoms. The number of methoxy groups -OCH3 is 1. The SMILES string of the molecule is COc1ccc(C(=O)NCC(=O)OCc2cc(=O)oc3c(C)c(O)ccc23)cc1. The summed E-state index contributed by atoms with van der Waals surface area (Å²) in [6.45, 7) is 1.11. The Morgan fingerprint density at radius 3 is 2.55 bits per heavy atom. The Hall–Kier alpha value is -3.81. The van der Waals surface area contributed by atoms with Crippen LogP contribution >= 0.6 is 0 Å². The van der Waals surface area contributed by atoms with Gasteiger partial charge in [-0.3, -0.25) is 9.59 Å². The number of carbonyl (C=O) groups excluding carboxylic acids is 2. The summed E-state index contributed by atoms with van der Waals surface area (Å²) in [5.41, 5.74) is 0.843. The lowest BCUT2D eigenvalue weighted by molar-refractivity contribution is -0.143. The van der Waals surface area contributed by atoms with E-state index < -0.39 is 17.5 Å². The summed E-state index contributed by atoms with van der Waals surface area (Å²) in [5.74, 6) is -0.481. The minimum Gasteiger partial charge on any atom is -0.508 e. The van der Waals surface area contributed by atoms with E-state index in [1.54, 1.807) is 37.3 Å². The Morgan fingerprint density at radius 1 is 1.14 bits per heavy atom. The van der Waals surface area contributed by atoms with E-state index in [9.17, 15) is 19.5 Å². The van der Waals surface area contributed by atoms with Crippen LogP contribution in [-0.4, -0.2) is 30.6 Å². The average Bonchev–Trinajstić information content (AvgIpc) is 2.73. The molecule has 0 radical (unpaired) electrons. The molecular weight excluding hydrogens is 378 g/mol. The second-order valence-corrected chi connectivity index (χ2v) is 6.25. The predicted molar refractivity (Wildman–Crippen MR) is 104 cm³/mol. The van der Waals surface area contributed by atoms with E-state index in [4.69, 9.17) is 13.9 Å². The number of fused-ring (bicyclic) bond motifs is 1. The number of nitrogens with one attached hydrogen (secondary N) is 1. The van der Waals surface area contributed by atoms with Gasteiger partial charge in [-0.2, -0.15) is 0 Å². The van der Waals surface area contributed by atoms with Gasteiger partial charge >= 0.3 is 11.6 Å². The number of benzene rings is 2. The number of rotatable bonds is 6. The molecule has 8 heteroatoms. The summed E-state index contributed by atoms with van der Waals surface area (Å²) < 4.78 is 15.3. The summed E-state index contributed by atoms with van der Waals surface area (Å²) in [4.78, 5) is 35.8. The van der Waals surface area contributed by atoms with Crippen molar-refractivity contribution < 1.29 is 28.6 Å². The first kappa shape index (κ1) is 19.9. The molecule has 3 rings (SSSR count). The lowest BCUT2D eigenvalue weighted by Gasteiger charge is -2.10. The van der Waals surface area contributed by atoms with Gasteiger partial charge in [0.25, 0.3) is 5.91 Å². The van der Waals surface area contributed by atoms with E-state index in [-0.39, 0.29) is 24.5 Å². The number of ether oxygens (including phenoxy) is 2. The van der Waals surface area contributed by atoms with Crippen molar-refractivity contribution in [3.63, 3.8) is 0 Å². The molecule has 0 aliphatic heterocycles. The summed E-state index contributed by atoms with van der Waals surface area (Å²) in [5, 5.41) is 12.8. The summed E-state index contributed by atoms with van der Waals surface area (Å²) in [6.07, 6.45) is 0. The highest BCUT2D eigenvalue weighted by molar-refractivity contribution is 5.96. The zero-order chi connectivity index (χ0) is 21.0. The minimum atomic E-state index is -0.663. The summed E-state index contributed by atoms with van der Waals surface area (Å²) in [6, 6.07) is 10.7. The standard InChI is InChI=1S/C21H19NO7/c1-12-17(23)8-7-16-14(9-18(24)29-20(12)16)11-28-19(25)10-22-21(26)13-3-5-15(27-2)6-4-13/h3-9,23H,10-11H2,1-2H3,(H,22,26). The van der Waals surface area contributed by atoms with Crippen molar-refractivity contribution >= 4 is 22.8 Å². The minimum absolute atomic E-state index is 0.00367. The molecule has 0 fully saturated rings. The van der Waals surface area contributed by atoms with Crippen molar-refractivity contribution in [3.8, 4) is 11.5 Å². The summed E-state index contributed by atoms with van der Waals surface area (Å²) in [7, 11) is 1.52. The van der Waals surface area contributed by atoms with Gasteiger partial charge in [-0.25, -0.2) is 4.79 Å². The Labute approximate surface area is 165 Å². The van der Waals surface area contributed by atoms with E-state index in [0.717, 1.165) is 0 Å². The van der Waals surface area contributed by atoms with Gasteiger partial charge in [0, 0.05) is 28.1 Å². The molecule has 1 aromatic heterocycles. The van der Waals surface area contributed by atoms with E-state index in [0.29, 0.717) is 27.8 Å². The first-order valence-electron chi connectivity index (χ1n) is 8.72. The molecule has 2 N–H and O–H groups in total. The molecule has 0 bridgehead atoms. The van der Waals surface area contributed by atoms with Crippen molar-refractivity contribution in [2.24, 2.45) is 0 Å². The van der Waals surface area contributed by atoms with E-state index in [1.807, 2.05) is 0 Å². The quantitative estimate of drug-likeness (QED) is 0.484. The average molecular weight is 397 g/mol. The molecule has 0 atom stereocenters. The van der Waals surface area contributed by atoms with Crippen LogP contribution in [0.3, 0.4) is 0 Å². The lowest BCUT2D eigenvalue weighted by Crippen LogP contribution is -2.30. The maximum Gasteiger partial charge on any atom is 0.336 e. The molecule has 3 aromatic rings. The predicted octanol–water partition coefficient (Wildman–Crippen LogP) is 2.29. The fourth-order valence-electron chi connectivity index (χ4n) is 2.74. The van der Waals surface area contributed by atoms with E-state index in [1.165, 1.54) is 19.2 Å². The van der Waals surface area contributed by atoms with Crippen molar-refractivity contribution in [2.75, 3.05) is 13.7 Å². The third-order valence-electron chi connectivity index (χ3n) is 4.35. The molecule has 0 spiro atoms. The maximum absolute atomic E-state index is 12.1. The van der Waals surface area contributed by atoms with Gasteiger partial charge in [0.05, 0.1) is 7.11 Å². The van der Waals surface area contributed by atoms with E-state index >= 15 is 0 Å². The van der Waals surface area contributed by atoms with Gasteiger partial charge in [0.1, 0.15) is 30.2 Å². The van der Waals surface area contributed by atoms with Crippen LogP contribution in [0, 0.1) is 6.92 Å². The number of hydrogen-bond acceptors (Lipinski definition) is 7. The lowest BCUT2D eigenvalue weighted by atomic mass is 10.1. The Bertz CT molecular complexity index is 1120. The normalized spacial score (nSPS) is 10.6. The van der Waals surface area contributed by atoms with Crippen LogP contribution in [-0.2, 0) is 16.1 Å². The molecule has 1 heterocycles. The molecule has 0 saturated carbocycles. The molecule has 0 saturated heterocycles. The molecule has 0 aliphatic rings. The second kappa shape index (κ2) is 8.47. The number of phenols is 1. The number of aryl methyl sites for hydroxylation is 1. The monoisotopic (exact) mass is 397 g/mol. The number of aromatic hydroxyl groups is 1. The van der Waals surface area contributed by atoms with Gasteiger partial charge in [-0.15, -0.1) is 0 Å². The number of amides is 1. The first-order valence-corrected chi connectivity index (χ1v) is 8.72. The van der Waals surface area contributed by atoms with Crippen LogP contribution in [0.5, 0.6) is 11.5 Å². The molecule has 0 unspecified atom stereocenters. The maximum atomic E-state index is 12.1. The molecule has 150 valence electrons. The van der Waals surface area contributed by atoms with Crippen molar-refractivity contribution in [1.29, 1.82) is 0 Å². The van der Waals surface area contributed by atoms with Gasteiger partial charge in [-0.1, -0.05) is 0 Å². The topological polar surface area (TPSA) is 115 Å². The third kappa shape index (κ3) is 4.55. The highest BCUT2D eigenvalue weighted by Gasteiger charge is 2.13. The zero-order valence-electron chi connectivity index (χ0n) is 15.9. The van der Waals surface area contributed by atoms with Crippen LogP contribution in [0.4, 0.5) is 0 Å². The molecular formula is C21H19NO7. The van der Waals surface area contributed by atoms with Gasteiger partial charge in [-0.05, 0) is 43.3 Å². The van der Waals surface area contributed by atoms with Crippen molar-refractivity contribution in [3.05, 3.63) is 69.6 Å². The second-order valence-electron chi connectivity index (χ2n) is 6.25. The smallest absolute Gasteiger partial charge is 0.336 e.